The van der Waals surface area contributed by atoms with E-state index in [4.69, 9.17) is 16.2 Å². The number of carbonyl (C=O) groups is 1. The summed E-state index contributed by atoms with van der Waals surface area (Å²) in [6.07, 6.45) is 3.16. The fourth-order valence-corrected chi connectivity index (χ4v) is 3.91. The van der Waals surface area contributed by atoms with Crippen molar-refractivity contribution in [1.82, 2.24) is 14.5 Å². The molecule has 1 saturated heterocycles. The number of ether oxygens (including phenoxy) is 1. The van der Waals surface area contributed by atoms with Gasteiger partial charge in [-0.05, 0) is 48.0 Å². The van der Waals surface area contributed by atoms with Crippen molar-refractivity contribution in [2.45, 2.75) is 0 Å². The summed E-state index contributed by atoms with van der Waals surface area (Å²) in [6, 6.07) is 15.9. The third-order valence-electron chi connectivity index (χ3n) is 5.52. The van der Waals surface area contributed by atoms with Gasteiger partial charge < -0.3 is 21.1 Å². The fourth-order valence-electron chi connectivity index (χ4n) is 3.91. The van der Waals surface area contributed by atoms with Gasteiger partial charge in [-0.1, -0.05) is 6.07 Å². The summed E-state index contributed by atoms with van der Waals surface area (Å²) in [4.78, 5) is 22.5. The Morgan fingerprint density at radius 3 is 2.42 bits per heavy atom. The highest BCUT2D eigenvalue weighted by atomic mass is 16.5. The number of hydrogen-bond acceptors (Lipinski definition) is 6. The number of nitrogens with zero attached hydrogens (tertiary/aromatic N) is 4. The van der Waals surface area contributed by atoms with E-state index in [9.17, 15) is 4.79 Å². The maximum Gasteiger partial charge on any atom is 0.250 e. The molecule has 2 aromatic heterocycles. The molecule has 4 aromatic rings. The van der Waals surface area contributed by atoms with E-state index in [2.05, 4.69) is 27.0 Å². The number of aromatic nitrogens is 3. The van der Waals surface area contributed by atoms with Crippen molar-refractivity contribution in [3.05, 3.63) is 66.5 Å². The first-order valence-corrected chi connectivity index (χ1v) is 10.1. The van der Waals surface area contributed by atoms with Crippen LogP contribution in [0.4, 0.5) is 11.6 Å². The van der Waals surface area contributed by atoms with Crippen LogP contribution in [0.1, 0.15) is 10.4 Å². The third-order valence-corrected chi connectivity index (χ3v) is 5.52. The van der Waals surface area contributed by atoms with Gasteiger partial charge in [0, 0.05) is 42.4 Å². The number of morpholine rings is 1. The molecule has 31 heavy (non-hydrogen) atoms. The van der Waals surface area contributed by atoms with E-state index in [0.29, 0.717) is 11.5 Å². The molecule has 0 radical (unpaired) electrons. The van der Waals surface area contributed by atoms with Crippen LogP contribution in [0.2, 0.25) is 0 Å². The van der Waals surface area contributed by atoms with Crippen LogP contribution in [0.5, 0.6) is 0 Å². The largest absolute Gasteiger partial charge is 0.378 e. The average Bonchev–Trinajstić information content (AvgIpc) is 3.14. The molecule has 8 nitrogen and oxygen atoms in total. The van der Waals surface area contributed by atoms with Gasteiger partial charge in [0.15, 0.2) is 0 Å². The molecule has 0 bridgehead atoms. The van der Waals surface area contributed by atoms with Gasteiger partial charge in [-0.2, -0.15) is 0 Å². The molecular formula is C23H22N6O2. The first-order valence-electron chi connectivity index (χ1n) is 10.1. The van der Waals surface area contributed by atoms with Crippen LogP contribution in [0.3, 0.4) is 0 Å². The minimum atomic E-state index is -0.509. The number of imidazole rings is 1. The van der Waals surface area contributed by atoms with Crippen LogP contribution in [0.25, 0.3) is 27.8 Å². The monoisotopic (exact) mass is 414 g/mol. The van der Waals surface area contributed by atoms with E-state index in [1.165, 1.54) is 6.20 Å². The predicted molar refractivity (Wildman–Crippen MR) is 120 cm³/mol. The second-order valence-electron chi connectivity index (χ2n) is 7.45. The minimum Gasteiger partial charge on any atom is -0.378 e. The number of primary amides is 1. The van der Waals surface area contributed by atoms with Crippen molar-refractivity contribution >= 4 is 28.6 Å². The number of fused-ring (bicyclic) bond motifs is 1. The molecule has 1 aliphatic rings. The molecule has 0 unspecified atom stereocenters. The van der Waals surface area contributed by atoms with Gasteiger partial charge in [0.2, 0.25) is 11.9 Å². The van der Waals surface area contributed by atoms with Crippen LogP contribution >= 0.6 is 0 Å². The molecule has 1 aliphatic heterocycles. The maximum absolute atomic E-state index is 11.5. The molecule has 3 heterocycles. The molecule has 0 spiro atoms. The zero-order valence-electron chi connectivity index (χ0n) is 16.9. The highest BCUT2D eigenvalue weighted by Gasteiger charge is 2.14. The lowest BCUT2D eigenvalue weighted by Gasteiger charge is -2.29. The van der Waals surface area contributed by atoms with Crippen LogP contribution in [0, 0.1) is 0 Å². The van der Waals surface area contributed by atoms with Gasteiger partial charge in [0.05, 0.1) is 29.8 Å². The van der Waals surface area contributed by atoms with Crippen LogP contribution in [-0.2, 0) is 4.74 Å². The lowest BCUT2D eigenvalue weighted by atomic mass is 10.1. The molecule has 0 aliphatic carbocycles. The lowest BCUT2D eigenvalue weighted by molar-refractivity contribution is 0.1000. The van der Waals surface area contributed by atoms with Crippen molar-refractivity contribution in [3.63, 3.8) is 0 Å². The number of rotatable bonds is 4. The summed E-state index contributed by atoms with van der Waals surface area (Å²) in [5.74, 6) is -0.0969. The second-order valence-corrected chi connectivity index (χ2v) is 7.45. The van der Waals surface area contributed by atoms with Gasteiger partial charge in [0.25, 0.3) is 0 Å². The van der Waals surface area contributed by atoms with Crippen LogP contribution in [0.15, 0.2) is 60.9 Å². The van der Waals surface area contributed by atoms with Crippen molar-refractivity contribution in [2.75, 3.05) is 36.9 Å². The molecule has 2 aromatic carbocycles. The summed E-state index contributed by atoms with van der Waals surface area (Å²) in [5.41, 5.74) is 17.5. The zero-order chi connectivity index (χ0) is 21.4. The summed E-state index contributed by atoms with van der Waals surface area (Å²) >= 11 is 0. The molecule has 5 rings (SSSR count). The number of pyridine rings is 1. The fraction of sp³-hybridized carbons (Fsp3) is 0.174. The first-order chi connectivity index (χ1) is 15.1. The number of nitrogen functional groups attached to an aromatic ring is 1. The highest BCUT2D eigenvalue weighted by Crippen LogP contribution is 2.29. The van der Waals surface area contributed by atoms with Crippen molar-refractivity contribution in [3.8, 4) is 16.8 Å². The quantitative estimate of drug-likeness (QED) is 0.531. The Labute approximate surface area is 179 Å². The number of amides is 1. The predicted octanol–water partition coefficient (Wildman–Crippen LogP) is 2.61. The molecule has 0 atom stereocenters. The third kappa shape index (κ3) is 3.57. The van der Waals surface area contributed by atoms with Gasteiger partial charge in [-0.3, -0.25) is 14.3 Å². The van der Waals surface area contributed by atoms with E-state index in [-0.39, 0.29) is 0 Å². The van der Waals surface area contributed by atoms with Crippen molar-refractivity contribution < 1.29 is 9.53 Å². The maximum atomic E-state index is 11.5. The summed E-state index contributed by atoms with van der Waals surface area (Å²) in [5, 5.41) is 0. The zero-order valence-corrected chi connectivity index (χ0v) is 16.9. The lowest BCUT2D eigenvalue weighted by Crippen LogP contribution is -2.36. The van der Waals surface area contributed by atoms with E-state index >= 15 is 0 Å². The van der Waals surface area contributed by atoms with E-state index < -0.39 is 5.91 Å². The molecule has 1 fully saturated rings. The number of hydrogen-bond donors (Lipinski definition) is 2. The summed E-state index contributed by atoms with van der Waals surface area (Å²) in [7, 11) is 0. The normalized spacial score (nSPS) is 14.1. The number of nitrogens with two attached hydrogens (primary N) is 2. The Kier molecular flexibility index (Phi) is 4.76. The van der Waals surface area contributed by atoms with Gasteiger partial charge in [0.1, 0.15) is 0 Å². The van der Waals surface area contributed by atoms with Crippen molar-refractivity contribution in [2.24, 2.45) is 5.73 Å². The van der Waals surface area contributed by atoms with Gasteiger partial charge in [-0.15, -0.1) is 0 Å². The van der Waals surface area contributed by atoms with Crippen LogP contribution in [-0.4, -0.2) is 46.7 Å². The summed E-state index contributed by atoms with van der Waals surface area (Å²) in [6.45, 7) is 3.26. The topological polar surface area (TPSA) is 112 Å². The average molecular weight is 414 g/mol. The Balaban J connectivity index is 1.54. The first kappa shape index (κ1) is 19.1. The highest BCUT2D eigenvalue weighted by molar-refractivity contribution is 5.94. The summed E-state index contributed by atoms with van der Waals surface area (Å²) < 4.78 is 7.36. The molecule has 8 heteroatoms. The molecule has 156 valence electrons. The Morgan fingerprint density at radius 1 is 0.935 bits per heavy atom. The number of benzene rings is 2. The smallest absolute Gasteiger partial charge is 0.250 e. The van der Waals surface area contributed by atoms with E-state index in [0.717, 1.165) is 59.8 Å². The second kappa shape index (κ2) is 7.73. The molecule has 4 N–H and O–H groups in total. The Morgan fingerprint density at radius 2 is 1.68 bits per heavy atom. The van der Waals surface area contributed by atoms with E-state index in [1.54, 1.807) is 12.3 Å². The van der Waals surface area contributed by atoms with Crippen LogP contribution < -0.4 is 16.4 Å². The van der Waals surface area contributed by atoms with Gasteiger partial charge >= 0.3 is 0 Å². The standard InChI is InChI=1S/C23H22N6O2/c24-22(30)17-11-16(13-26-14-17)15-1-6-20-21(12-15)29(23(25)27-20)19-4-2-18(3-5-19)28-7-9-31-10-8-28/h1-6,11-14H,7-10H2,(H2,24,30)(H2,25,27). The Hall–Kier alpha value is -3.91. The van der Waals surface area contributed by atoms with Gasteiger partial charge in [-0.25, -0.2) is 4.98 Å². The van der Waals surface area contributed by atoms with Crippen molar-refractivity contribution in [1.29, 1.82) is 0 Å². The molecular weight excluding hydrogens is 392 g/mol. The molecule has 0 saturated carbocycles. The minimum absolute atomic E-state index is 0.365. The molecule has 1 amide bonds. The number of anilines is 2. The Bertz CT molecular complexity index is 1260. The number of carbonyl (C=O) groups excluding carboxylic acids is 1. The SMILES string of the molecule is NC(=O)c1cncc(-c2ccc3nc(N)n(-c4ccc(N5CCOCC5)cc4)c3c2)c1. The van der Waals surface area contributed by atoms with E-state index in [1.807, 2.05) is 34.9 Å².